The van der Waals surface area contributed by atoms with E-state index in [0.29, 0.717) is 30.4 Å². The Kier molecular flexibility index (Phi) is 3.58. The van der Waals surface area contributed by atoms with E-state index in [0.717, 1.165) is 4.90 Å². The number of rotatable bonds is 3. The third-order valence-electron chi connectivity index (χ3n) is 3.36. The second-order valence-electron chi connectivity index (χ2n) is 5.03. The van der Waals surface area contributed by atoms with Crippen molar-refractivity contribution in [2.75, 3.05) is 38.7 Å². The third kappa shape index (κ3) is 2.67. The fourth-order valence-electron chi connectivity index (χ4n) is 2.29. The molecule has 8 nitrogen and oxygen atoms in total. The molecule has 8 heteroatoms. The van der Waals surface area contributed by atoms with Crippen molar-refractivity contribution in [3.63, 3.8) is 0 Å². The zero-order chi connectivity index (χ0) is 15.7. The fourth-order valence-corrected chi connectivity index (χ4v) is 2.29. The summed E-state index contributed by atoms with van der Waals surface area (Å²) in [7, 11) is 1.51. The largest absolute Gasteiger partial charge is 0.486 e. The lowest BCUT2D eigenvalue weighted by molar-refractivity contribution is -0.129. The van der Waals surface area contributed by atoms with Gasteiger partial charge in [0.1, 0.15) is 26.3 Å². The number of imide groups is 1. The van der Waals surface area contributed by atoms with E-state index in [1.807, 2.05) is 0 Å². The van der Waals surface area contributed by atoms with Crippen LogP contribution in [0.3, 0.4) is 0 Å². The molecule has 1 fully saturated rings. The first-order valence-electron chi connectivity index (χ1n) is 6.79. The summed E-state index contributed by atoms with van der Waals surface area (Å²) in [6.45, 7) is 0.630. The summed E-state index contributed by atoms with van der Waals surface area (Å²) in [5, 5.41) is 2.64. The summed E-state index contributed by atoms with van der Waals surface area (Å²) in [6, 6.07) is 4.55. The van der Waals surface area contributed by atoms with Crippen LogP contribution in [-0.2, 0) is 9.59 Å². The van der Waals surface area contributed by atoms with E-state index in [1.54, 1.807) is 18.2 Å². The van der Waals surface area contributed by atoms with Crippen LogP contribution in [0.1, 0.15) is 0 Å². The van der Waals surface area contributed by atoms with Gasteiger partial charge < -0.3 is 19.7 Å². The van der Waals surface area contributed by atoms with Gasteiger partial charge in [0, 0.05) is 18.8 Å². The molecule has 1 N–H and O–H groups in total. The van der Waals surface area contributed by atoms with E-state index >= 15 is 0 Å². The number of fused-ring (bicyclic) bond motifs is 1. The van der Waals surface area contributed by atoms with Gasteiger partial charge in [0.15, 0.2) is 11.5 Å². The number of nitrogens with zero attached hydrogens (tertiary/aromatic N) is 2. The summed E-state index contributed by atoms with van der Waals surface area (Å²) in [5.74, 6) is 0.339. The zero-order valence-electron chi connectivity index (χ0n) is 12.0. The Bertz CT molecular complexity index is 645. The first kappa shape index (κ1) is 14.2. The highest BCUT2D eigenvalue weighted by Crippen LogP contribution is 2.32. The maximum atomic E-state index is 12.0. The van der Waals surface area contributed by atoms with Crippen LogP contribution < -0.4 is 14.8 Å². The number of nitrogens with one attached hydrogen (secondary N) is 1. The number of hydrogen-bond donors (Lipinski definition) is 1. The molecule has 2 heterocycles. The smallest absolute Gasteiger partial charge is 0.327 e. The number of benzene rings is 1. The van der Waals surface area contributed by atoms with Crippen LogP contribution in [0.15, 0.2) is 18.2 Å². The zero-order valence-corrected chi connectivity index (χ0v) is 12.0. The number of carbonyl (C=O) groups excluding carboxylic acids is 3. The van der Waals surface area contributed by atoms with Crippen molar-refractivity contribution < 1.29 is 23.9 Å². The SMILES string of the molecule is CN1CC(=O)N(CC(=O)Nc2ccc3c(c2)OCCO3)C1=O. The van der Waals surface area contributed by atoms with Crippen LogP contribution in [0, 0.1) is 0 Å². The van der Waals surface area contributed by atoms with Crippen molar-refractivity contribution in [2.24, 2.45) is 0 Å². The third-order valence-corrected chi connectivity index (χ3v) is 3.36. The summed E-state index contributed by atoms with van der Waals surface area (Å²) < 4.78 is 10.8. The van der Waals surface area contributed by atoms with Gasteiger partial charge in [-0.1, -0.05) is 0 Å². The molecule has 0 bridgehead atoms. The van der Waals surface area contributed by atoms with Crippen LogP contribution in [0.25, 0.3) is 0 Å². The van der Waals surface area contributed by atoms with Gasteiger partial charge in [-0.15, -0.1) is 0 Å². The first-order valence-corrected chi connectivity index (χ1v) is 6.79. The van der Waals surface area contributed by atoms with E-state index in [-0.39, 0.29) is 19.0 Å². The van der Waals surface area contributed by atoms with Gasteiger partial charge >= 0.3 is 6.03 Å². The Hall–Kier alpha value is -2.77. The highest BCUT2D eigenvalue weighted by molar-refractivity contribution is 6.06. The maximum absolute atomic E-state index is 12.0. The number of urea groups is 1. The van der Waals surface area contributed by atoms with Crippen LogP contribution in [0.2, 0.25) is 0 Å². The molecule has 1 saturated heterocycles. The van der Waals surface area contributed by atoms with Crippen molar-refractivity contribution in [2.45, 2.75) is 0 Å². The van der Waals surface area contributed by atoms with Crippen molar-refractivity contribution >= 4 is 23.5 Å². The van der Waals surface area contributed by atoms with Gasteiger partial charge in [0.25, 0.3) is 5.91 Å². The van der Waals surface area contributed by atoms with Crippen LogP contribution in [0.4, 0.5) is 10.5 Å². The van der Waals surface area contributed by atoms with Gasteiger partial charge in [-0.2, -0.15) is 0 Å². The van der Waals surface area contributed by atoms with Crippen molar-refractivity contribution in [1.82, 2.24) is 9.80 Å². The molecule has 4 amide bonds. The number of likely N-dealkylation sites (N-methyl/N-ethyl adjacent to an activating group) is 1. The van der Waals surface area contributed by atoms with E-state index in [2.05, 4.69) is 5.32 Å². The normalized spacial score (nSPS) is 17.0. The molecule has 22 heavy (non-hydrogen) atoms. The second-order valence-corrected chi connectivity index (χ2v) is 5.03. The van der Waals surface area contributed by atoms with E-state index in [1.165, 1.54) is 11.9 Å². The van der Waals surface area contributed by atoms with Crippen LogP contribution in [-0.4, -0.2) is 61.0 Å². The monoisotopic (exact) mass is 305 g/mol. The molecule has 0 radical (unpaired) electrons. The number of anilines is 1. The molecule has 1 aromatic rings. The molecule has 2 aliphatic heterocycles. The minimum atomic E-state index is -0.470. The van der Waals surface area contributed by atoms with E-state index < -0.39 is 11.9 Å². The lowest BCUT2D eigenvalue weighted by Crippen LogP contribution is -2.38. The lowest BCUT2D eigenvalue weighted by atomic mass is 10.2. The summed E-state index contributed by atoms with van der Waals surface area (Å²) in [6.07, 6.45) is 0. The van der Waals surface area contributed by atoms with Gasteiger partial charge in [-0.3, -0.25) is 14.5 Å². The molecule has 0 atom stereocenters. The fraction of sp³-hybridized carbons (Fsp3) is 0.357. The van der Waals surface area contributed by atoms with Gasteiger partial charge in [0.2, 0.25) is 5.91 Å². The van der Waals surface area contributed by atoms with Crippen molar-refractivity contribution in [3.05, 3.63) is 18.2 Å². The Morgan fingerprint density at radius 2 is 1.95 bits per heavy atom. The Morgan fingerprint density at radius 3 is 2.64 bits per heavy atom. The summed E-state index contributed by atoms with van der Waals surface area (Å²) in [4.78, 5) is 37.5. The van der Waals surface area contributed by atoms with Gasteiger partial charge in [0.05, 0.1) is 0 Å². The first-order chi connectivity index (χ1) is 10.5. The molecule has 0 aromatic heterocycles. The molecule has 116 valence electrons. The molecule has 0 spiro atoms. The quantitative estimate of drug-likeness (QED) is 0.811. The highest BCUT2D eigenvalue weighted by atomic mass is 16.6. The standard InChI is InChI=1S/C14H15N3O5/c1-16-8-13(19)17(14(16)20)7-12(18)15-9-2-3-10-11(6-9)22-5-4-21-10/h2-3,6H,4-5,7-8H2,1H3,(H,15,18). The van der Waals surface area contributed by atoms with Crippen molar-refractivity contribution in [1.29, 1.82) is 0 Å². The molecule has 0 saturated carbocycles. The minimum absolute atomic E-state index is 0.00383. The number of ether oxygens (including phenoxy) is 2. The average Bonchev–Trinajstić information content (AvgIpc) is 2.73. The minimum Gasteiger partial charge on any atom is -0.486 e. The summed E-state index contributed by atoms with van der Waals surface area (Å²) in [5.41, 5.74) is 0.515. The van der Waals surface area contributed by atoms with E-state index in [4.69, 9.17) is 9.47 Å². The highest BCUT2D eigenvalue weighted by Gasteiger charge is 2.34. The number of amides is 4. The average molecular weight is 305 g/mol. The maximum Gasteiger partial charge on any atom is 0.327 e. The number of hydrogen-bond acceptors (Lipinski definition) is 5. The second kappa shape index (κ2) is 5.55. The Balaban J connectivity index is 1.65. The van der Waals surface area contributed by atoms with Gasteiger partial charge in [-0.05, 0) is 12.1 Å². The van der Waals surface area contributed by atoms with Crippen molar-refractivity contribution in [3.8, 4) is 11.5 Å². The molecule has 1 aromatic carbocycles. The van der Waals surface area contributed by atoms with Crippen LogP contribution >= 0.6 is 0 Å². The Morgan fingerprint density at radius 1 is 1.23 bits per heavy atom. The molecule has 3 rings (SSSR count). The molecule has 0 aliphatic carbocycles. The van der Waals surface area contributed by atoms with E-state index in [9.17, 15) is 14.4 Å². The topological polar surface area (TPSA) is 88.2 Å². The summed E-state index contributed by atoms with van der Waals surface area (Å²) >= 11 is 0. The molecular weight excluding hydrogens is 290 g/mol. The predicted molar refractivity (Wildman–Crippen MR) is 75.8 cm³/mol. The lowest BCUT2D eigenvalue weighted by Gasteiger charge is -2.19. The molecule has 0 unspecified atom stereocenters. The molecular formula is C14H15N3O5. The van der Waals surface area contributed by atoms with Gasteiger partial charge in [-0.25, -0.2) is 4.79 Å². The van der Waals surface area contributed by atoms with Crippen LogP contribution in [0.5, 0.6) is 11.5 Å². The number of carbonyl (C=O) groups is 3. The molecule has 2 aliphatic rings. The predicted octanol–water partition coefficient (Wildman–Crippen LogP) is 0.290. The Labute approximate surface area is 126 Å².